The number of anilines is 1. The quantitative estimate of drug-likeness (QED) is 0.252. The molecule has 0 aliphatic heterocycles. The van der Waals surface area contributed by atoms with Gasteiger partial charge in [-0.25, -0.2) is 24.1 Å². The average molecular weight is 512 g/mol. The summed E-state index contributed by atoms with van der Waals surface area (Å²) in [6.45, 7) is 2.03. The number of hydrogen-bond donors (Lipinski definition) is 4. The van der Waals surface area contributed by atoms with Crippen molar-refractivity contribution >= 4 is 40.5 Å². The molecule has 1 aromatic carbocycles. The number of carbonyl (C=O) groups is 2. The Morgan fingerprint density at radius 1 is 1.14 bits per heavy atom. The second-order valence-corrected chi connectivity index (χ2v) is 8.22. The lowest BCUT2D eigenvalue weighted by Crippen LogP contribution is -2.41. The van der Waals surface area contributed by atoms with Gasteiger partial charge in [0.05, 0.1) is 11.2 Å². The Hall–Kier alpha value is -4.25. The van der Waals surface area contributed by atoms with Crippen molar-refractivity contribution in [2.75, 3.05) is 18.4 Å². The summed E-state index contributed by atoms with van der Waals surface area (Å²) in [5, 5.41) is 9.09. The van der Waals surface area contributed by atoms with Gasteiger partial charge >= 0.3 is 6.09 Å². The van der Waals surface area contributed by atoms with Gasteiger partial charge in [0.1, 0.15) is 18.3 Å². The number of nitrogens with one attached hydrogen (secondary N) is 4. The normalized spacial score (nSPS) is 11.6. The molecule has 0 fully saturated rings. The number of alkyl carbamates (subject to hydrolysis) is 1. The minimum absolute atomic E-state index is 0.130. The maximum atomic E-state index is 14.4. The van der Waals surface area contributed by atoms with Crippen LogP contribution in [0.5, 0.6) is 0 Å². The van der Waals surface area contributed by atoms with E-state index in [0.29, 0.717) is 21.6 Å². The van der Waals surface area contributed by atoms with Gasteiger partial charge in [-0.05, 0) is 18.6 Å². The van der Waals surface area contributed by atoms with Crippen molar-refractivity contribution in [3.8, 4) is 11.4 Å². The van der Waals surface area contributed by atoms with Gasteiger partial charge in [-0.3, -0.25) is 4.79 Å². The third-order valence-corrected chi connectivity index (χ3v) is 5.34. The fraction of sp³-hybridized carbons (Fsp3) is 0.208. The number of benzene rings is 1. The zero-order chi connectivity index (χ0) is 25.5. The zero-order valence-corrected chi connectivity index (χ0v) is 20.0. The monoisotopic (exact) mass is 511 g/mol. The van der Waals surface area contributed by atoms with Crippen molar-refractivity contribution in [3.63, 3.8) is 0 Å². The van der Waals surface area contributed by atoms with Crippen molar-refractivity contribution in [3.05, 3.63) is 71.4 Å². The molecule has 0 unspecified atom stereocenters. The summed E-state index contributed by atoms with van der Waals surface area (Å²) in [4.78, 5) is 39.7. The molecule has 0 radical (unpaired) electrons. The van der Waals surface area contributed by atoms with Crippen molar-refractivity contribution in [2.45, 2.75) is 19.6 Å². The maximum absolute atomic E-state index is 14.4. The molecule has 10 nitrogen and oxygen atoms in total. The van der Waals surface area contributed by atoms with E-state index < -0.39 is 23.9 Å². The Morgan fingerprint density at radius 2 is 1.92 bits per heavy atom. The van der Waals surface area contributed by atoms with E-state index >= 15 is 0 Å². The van der Waals surface area contributed by atoms with Crippen LogP contribution >= 0.6 is 11.6 Å². The number of aromatic amines is 1. The molecule has 0 bridgehead atoms. The van der Waals surface area contributed by atoms with Crippen molar-refractivity contribution < 1.29 is 18.7 Å². The van der Waals surface area contributed by atoms with Crippen LogP contribution in [0.4, 0.5) is 15.0 Å². The highest BCUT2D eigenvalue weighted by atomic mass is 35.5. The number of hydrogen-bond acceptors (Lipinski definition) is 7. The largest absolute Gasteiger partial charge is 0.445 e. The number of fused-ring (bicyclic) bond motifs is 1. The molecule has 3 aromatic heterocycles. The first-order valence-corrected chi connectivity index (χ1v) is 11.4. The van der Waals surface area contributed by atoms with Gasteiger partial charge in [0.2, 0.25) is 5.91 Å². The van der Waals surface area contributed by atoms with Gasteiger partial charge in [-0.2, -0.15) is 0 Å². The molecule has 4 aromatic rings. The minimum Gasteiger partial charge on any atom is -0.445 e. The summed E-state index contributed by atoms with van der Waals surface area (Å²) in [6, 6.07) is 10.2. The lowest BCUT2D eigenvalue weighted by molar-refractivity contribution is -0.121. The van der Waals surface area contributed by atoms with Gasteiger partial charge in [0, 0.05) is 36.4 Å². The molecule has 36 heavy (non-hydrogen) atoms. The number of rotatable bonds is 9. The Morgan fingerprint density at radius 3 is 2.72 bits per heavy atom. The van der Waals surface area contributed by atoms with E-state index in [1.54, 1.807) is 19.2 Å². The van der Waals surface area contributed by atoms with Crippen LogP contribution in [0.15, 0.2) is 55.0 Å². The molecule has 1 atom stereocenters. The van der Waals surface area contributed by atoms with Crippen LogP contribution in [0.3, 0.4) is 0 Å². The highest BCUT2D eigenvalue weighted by molar-refractivity contribution is 6.31. The lowest BCUT2D eigenvalue weighted by Gasteiger charge is -2.15. The Bertz CT molecular complexity index is 1370. The van der Waals surface area contributed by atoms with E-state index in [2.05, 4.69) is 35.9 Å². The van der Waals surface area contributed by atoms with Crippen molar-refractivity contribution in [1.82, 2.24) is 30.6 Å². The number of amides is 2. The van der Waals surface area contributed by atoms with E-state index in [-0.39, 0.29) is 31.3 Å². The molecule has 4 N–H and O–H groups in total. The molecule has 0 aliphatic rings. The first kappa shape index (κ1) is 24.9. The smallest absolute Gasteiger partial charge is 0.407 e. The summed E-state index contributed by atoms with van der Waals surface area (Å²) in [5.41, 5.74) is 2.04. The van der Waals surface area contributed by atoms with Crippen molar-refractivity contribution in [2.24, 2.45) is 0 Å². The molecular formula is C24H23ClFN7O3. The summed E-state index contributed by atoms with van der Waals surface area (Å²) in [5.74, 6) is -1.01. The van der Waals surface area contributed by atoms with Gasteiger partial charge in [0.15, 0.2) is 17.5 Å². The fourth-order valence-electron chi connectivity index (χ4n) is 3.31. The van der Waals surface area contributed by atoms with Gasteiger partial charge in [-0.1, -0.05) is 41.9 Å². The van der Waals surface area contributed by atoms with Gasteiger partial charge in [-0.15, -0.1) is 0 Å². The number of nitrogens with zero attached hydrogens (tertiary/aromatic N) is 3. The minimum atomic E-state index is -0.814. The maximum Gasteiger partial charge on any atom is 0.407 e. The first-order valence-electron chi connectivity index (χ1n) is 11.0. The molecular weight excluding hydrogens is 489 g/mol. The Labute approximate surface area is 210 Å². The van der Waals surface area contributed by atoms with Crippen LogP contribution in [0.25, 0.3) is 22.4 Å². The van der Waals surface area contributed by atoms with E-state index in [9.17, 15) is 14.0 Å². The van der Waals surface area contributed by atoms with Crippen LogP contribution in [-0.4, -0.2) is 51.1 Å². The molecule has 0 saturated heterocycles. The number of ether oxygens (including phenoxy) is 1. The molecule has 0 aliphatic carbocycles. The molecule has 186 valence electrons. The molecule has 2 amide bonds. The SMILES string of the molecule is C[C@H](Nc1nc(-c2c[nH]c3ncc(Cl)cc23)ncc1F)C(=O)NCCNC(=O)OCc1ccccc1. The average Bonchev–Trinajstić information content (AvgIpc) is 3.30. The van der Waals surface area contributed by atoms with E-state index in [1.165, 1.54) is 6.20 Å². The summed E-state index contributed by atoms with van der Waals surface area (Å²) in [6.07, 6.45) is 3.59. The second kappa shape index (κ2) is 11.5. The molecule has 0 saturated carbocycles. The van der Waals surface area contributed by atoms with Crippen molar-refractivity contribution in [1.29, 1.82) is 0 Å². The predicted octanol–water partition coefficient (Wildman–Crippen LogP) is 3.66. The number of carbonyl (C=O) groups excluding carboxylic acids is 2. The van der Waals surface area contributed by atoms with E-state index in [4.69, 9.17) is 16.3 Å². The van der Waals surface area contributed by atoms with Gasteiger partial charge in [0.25, 0.3) is 0 Å². The molecule has 0 spiro atoms. The fourth-order valence-corrected chi connectivity index (χ4v) is 3.47. The van der Waals surface area contributed by atoms with Crippen LogP contribution in [0.2, 0.25) is 5.02 Å². The zero-order valence-electron chi connectivity index (χ0n) is 19.2. The van der Waals surface area contributed by atoms with E-state index in [1.807, 2.05) is 30.3 Å². The molecule has 12 heteroatoms. The first-order chi connectivity index (χ1) is 17.4. The standard InChI is InChI=1S/C24H23ClFN7O3/c1-14(23(34)27-7-8-28-24(35)36-13-15-5-3-2-4-6-15)32-22-19(26)12-31-21(33-22)18-11-30-20-17(18)9-16(25)10-29-20/h2-6,9-12,14H,7-8,13H2,1H3,(H,27,34)(H,28,35)(H,29,30)(H,31,32,33)/t14-/m0/s1. The topological polar surface area (TPSA) is 134 Å². The number of pyridine rings is 1. The third-order valence-electron chi connectivity index (χ3n) is 5.14. The van der Waals surface area contributed by atoms with Crippen LogP contribution < -0.4 is 16.0 Å². The Kier molecular flexibility index (Phi) is 7.91. The van der Waals surface area contributed by atoms with Crippen LogP contribution in [-0.2, 0) is 16.1 Å². The van der Waals surface area contributed by atoms with Crippen LogP contribution in [0, 0.1) is 5.82 Å². The number of H-pyrrole nitrogens is 1. The van der Waals surface area contributed by atoms with E-state index in [0.717, 1.165) is 11.8 Å². The summed E-state index contributed by atoms with van der Waals surface area (Å²) < 4.78 is 19.5. The number of halogens is 2. The summed E-state index contributed by atoms with van der Waals surface area (Å²) in [7, 11) is 0. The number of aromatic nitrogens is 4. The Balaban J connectivity index is 1.28. The summed E-state index contributed by atoms with van der Waals surface area (Å²) >= 11 is 6.04. The lowest BCUT2D eigenvalue weighted by atomic mass is 10.2. The highest BCUT2D eigenvalue weighted by Gasteiger charge is 2.18. The third kappa shape index (κ3) is 6.25. The molecule has 4 rings (SSSR count). The predicted molar refractivity (Wildman–Crippen MR) is 133 cm³/mol. The van der Waals surface area contributed by atoms with Crippen LogP contribution in [0.1, 0.15) is 12.5 Å². The highest BCUT2D eigenvalue weighted by Crippen LogP contribution is 2.28. The van der Waals surface area contributed by atoms with Gasteiger partial charge < -0.3 is 25.7 Å². The second-order valence-electron chi connectivity index (χ2n) is 7.79. The molecule has 3 heterocycles.